The highest BCUT2D eigenvalue weighted by molar-refractivity contribution is 5.67. The minimum absolute atomic E-state index is 0.125. The zero-order chi connectivity index (χ0) is 21.9. The first-order chi connectivity index (χ1) is 15.2. The largest absolute Gasteiger partial charge is 0.497 e. The lowest BCUT2D eigenvalue weighted by atomic mass is 10.1. The third kappa shape index (κ3) is 6.92. The molecule has 7 nitrogen and oxygen atoms in total. The maximum absolute atomic E-state index is 12.8. The van der Waals surface area contributed by atoms with Crippen LogP contribution in [0.25, 0.3) is 0 Å². The summed E-state index contributed by atoms with van der Waals surface area (Å²) in [6, 6.07) is 18.8. The van der Waals surface area contributed by atoms with Gasteiger partial charge in [-0.05, 0) is 47.5 Å². The first kappa shape index (κ1) is 22.0. The van der Waals surface area contributed by atoms with Crippen molar-refractivity contribution in [1.29, 1.82) is 0 Å². The summed E-state index contributed by atoms with van der Waals surface area (Å²) in [4.78, 5) is 18.5. The van der Waals surface area contributed by atoms with Crippen molar-refractivity contribution in [2.45, 2.75) is 13.1 Å². The molecule has 0 saturated carbocycles. The van der Waals surface area contributed by atoms with Gasteiger partial charge in [-0.2, -0.15) is 0 Å². The molecule has 3 rings (SSSR count). The summed E-state index contributed by atoms with van der Waals surface area (Å²) < 4.78 is 21.6. The fraction of sp³-hybridized carbons (Fsp3) is 0.250. The number of hydrogen-bond acceptors (Lipinski definition) is 6. The Labute approximate surface area is 182 Å². The van der Waals surface area contributed by atoms with Crippen LogP contribution < -0.4 is 14.2 Å². The average Bonchev–Trinajstić information content (AvgIpc) is 2.82. The van der Waals surface area contributed by atoms with Crippen LogP contribution in [0.5, 0.6) is 17.2 Å². The van der Waals surface area contributed by atoms with Crippen LogP contribution in [0.15, 0.2) is 73.1 Å². The monoisotopic (exact) mass is 422 g/mol. The van der Waals surface area contributed by atoms with Gasteiger partial charge in [0, 0.05) is 19.3 Å². The second-order valence-corrected chi connectivity index (χ2v) is 6.71. The van der Waals surface area contributed by atoms with E-state index in [2.05, 4.69) is 4.98 Å². The normalized spacial score (nSPS) is 10.3. The van der Waals surface area contributed by atoms with E-state index in [0.717, 1.165) is 22.6 Å². The molecule has 1 aromatic heterocycles. The number of nitrogens with zero attached hydrogens (tertiary/aromatic N) is 2. The number of ether oxygens (including phenoxy) is 4. The Balaban J connectivity index is 1.65. The van der Waals surface area contributed by atoms with Crippen molar-refractivity contribution >= 4 is 6.09 Å². The van der Waals surface area contributed by atoms with E-state index in [1.54, 1.807) is 43.6 Å². The van der Waals surface area contributed by atoms with Crippen LogP contribution in [0.1, 0.15) is 11.1 Å². The van der Waals surface area contributed by atoms with Crippen molar-refractivity contribution < 1.29 is 23.7 Å². The molecule has 0 aliphatic rings. The number of methoxy groups -OCH3 is 2. The second kappa shape index (κ2) is 11.4. The highest BCUT2D eigenvalue weighted by atomic mass is 16.6. The van der Waals surface area contributed by atoms with Gasteiger partial charge in [-0.1, -0.05) is 24.3 Å². The topological polar surface area (TPSA) is 70.1 Å². The van der Waals surface area contributed by atoms with Crippen LogP contribution in [0.3, 0.4) is 0 Å². The van der Waals surface area contributed by atoms with E-state index < -0.39 is 6.09 Å². The zero-order valence-electron chi connectivity index (χ0n) is 17.7. The van der Waals surface area contributed by atoms with Gasteiger partial charge in [-0.25, -0.2) is 4.79 Å². The predicted molar refractivity (Wildman–Crippen MR) is 116 cm³/mol. The van der Waals surface area contributed by atoms with Crippen LogP contribution in [0.2, 0.25) is 0 Å². The summed E-state index contributed by atoms with van der Waals surface area (Å²) in [6.45, 7) is 1.11. The molecule has 0 radical (unpaired) electrons. The molecule has 0 fully saturated rings. The fourth-order valence-corrected chi connectivity index (χ4v) is 2.98. The summed E-state index contributed by atoms with van der Waals surface area (Å²) in [6.07, 6.45) is 2.85. The Morgan fingerprint density at radius 2 is 1.45 bits per heavy atom. The van der Waals surface area contributed by atoms with Crippen molar-refractivity contribution in [3.63, 3.8) is 0 Å². The van der Waals surface area contributed by atoms with Gasteiger partial charge >= 0.3 is 6.09 Å². The molecule has 2 aromatic carbocycles. The molecule has 0 spiro atoms. The van der Waals surface area contributed by atoms with Gasteiger partial charge in [0.05, 0.1) is 20.4 Å². The SMILES string of the molecule is COc1cccc(CN(Cc2cccc(OC)c2)C(=O)OCCOc2cccnc2)c1. The number of pyridine rings is 1. The molecular weight excluding hydrogens is 396 g/mol. The first-order valence-electron chi connectivity index (χ1n) is 9.88. The maximum Gasteiger partial charge on any atom is 0.410 e. The Morgan fingerprint density at radius 3 is 2.00 bits per heavy atom. The standard InChI is InChI=1S/C24H26N2O5/c1-28-21-8-3-6-19(14-21)17-26(18-20-7-4-9-22(15-20)29-2)24(27)31-13-12-30-23-10-5-11-25-16-23/h3-11,14-16H,12-13,17-18H2,1-2H3. The fourth-order valence-electron chi connectivity index (χ4n) is 2.98. The second-order valence-electron chi connectivity index (χ2n) is 6.71. The number of hydrogen-bond donors (Lipinski definition) is 0. The van der Waals surface area contributed by atoms with Crippen LogP contribution in [-0.4, -0.2) is 43.4 Å². The van der Waals surface area contributed by atoms with Gasteiger partial charge in [0.2, 0.25) is 0 Å². The van der Waals surface area contributed by atoms with Gasteiger partial charge in [-0.15, -0.1) is 0 Å². The lowest BCUT2D eigenvalue weighted by Gasteiger charge is -2.23. The van der Waals surface area contributed by atoms with Gasteiger partial charge < -0.3 is 18.9 Å². The van der Waals surface area contributed by atoms with E-state index in [1.165, 1.54) is 0 Å². The number of amides is 1. The molecule has 162 valence electrons. The van der Waals surface area contributed by atoms with E-state index in [0.29, 0.717) is 18.8 Å². The first-order valence-corrected chi connectivity index (χ1v) is 9.88. The van der Waals surface area contributed by atoms with Gasteiger partial charge in [0.1, 0.15) is 30.5 Å². The van der Waals surface area contributed by atoms with E-state index >= 15 is 0 Å². The lowest BCUT2D eigenvalue weighted by molar-refractivity contribution is 0.0835. The van der Waals surface area contributed by atoms with Crippen LogP contribution in [0, 0.1) is 0 Å². The Kier molecular flexibility index (Phi) is 8.11. The molecule has 1 amide bonds. The maximum atomic E-state index is 12.8. The number of aromatic nitrogens is 1. The molecule has 0 aliphatic heterocycles. The molecule has 0 atom stereocenters. The summed E-state index contributed by atoms with van der Waals surface area (Å²) in [5, 5.41) is 0. The van der Waals surface area contributed by atoms with Gasteiger partial charge in [0.15, 0.2) is 0 Å². The van der Waals surface area contributed by atoms with Crippen LogP contribution >= 0.6 is 0 Å². The molecule has 0 aliphatic carbocycles. The number of rotatable bonds is 10. The third-order valence-corrected chi connectivity index (χ3v) is 4.49. The molecule has 0 unspecified atom stereocenters. The summed E-state index contributed by atoms with van der Waals surface area (Å²) >= 11 is 0. The Hall–Kier alpha value is -3.74. The molecule has 0 saturated heterocycles. The quantitative estimate of drug-likeness (QED) is 0.453. The highest BCUT2D eigenvalue weighted by Gasteiger charge is 2.17. The Morgan fingerprint density at radius 1 is 0.839 bits per heavy atom. The van der Waals surface area contributed by atoms with E-state index in [4.69, 9.17) is 18.9 Å². The molecule has 1 heterocycles. The smallest absolute Gasteiger partial charge is 0.410 e. The number of carbonyl (C=O) groups is 1. The van der Waals surface area contributed by atoms with Crippen molar-refractivity contribution in [3.8, 4) is 17.2 Å². The summed E-state index contributed by atoms with van der Waals surface area (Å²) in [5.74, 6) is 2.09. The molecular formula is C24H26N2O5. The molecule has 3 aromatic rings. The van der Waals surface area contributed by atoms with Crippen molar-refractivity contribution in [2.75, 3.05) is 27.4 Å². The summed E-state index contributed by atoms with van der Waals surface area (Å²) in [7, 11) is 3.23. The van der Waals surface area contributed by atoms with Crippen molar-refractivity contribution in [2.24, 2.45) is 0 Å². The van der Waals surface area contributed by atoms with E-state index in [1.807, 2.05) is 48.5 Å². The summed E-state index contributed by atoms with van der Waals surface area (Å²) in [5.41, 5.74) is 1.87. The molecule has 0 bridgehead atoms. The van der Waals surface area contributed by atoms with Crippen LogP contribution in [-0.2, 0) is 17.8 Å². The minimum atomic E-state index is -0.430. The molecule has 7 heteroatoms. The van der Waals surface area contributed by atoms with Crippen molar-refractivity contribution in [3.05, 3.63) is 84.2 Å². The van der Waals surface area contributed by atoms with Gasteiger partial charge in [0.25, 0.3) is 0 Å². The average molecular weight is 422 g/mol. The minimum Gasteiger partial charge on any atom is -0.497 e. The highest BCUT2D eigenvalue weighted by Crippen LogP contribution is 2.19. The molecule has 0 N–H and O–H groups in total. The zero-order valence-corrected chi connectivity index (χ0v) is 17.7. The number of carbonyl (C=O) groups excluding carboxylic acids is 1. The predicted octanol–water partition coefficient (Wildman–Crippen LogP) is 4.32. The van der Waals surface area contributed by atoms with Crippen molar-refractivity contribution in [1.82, 2.24) is 9.88 Å². The third-order valence-electron chi connectivity index (χ3n) is 4.49. The molecule has 31 heavy (non-hydrogen) atoms. The number of benzene rings is 2. The van der Waals surface area contributed by atoms with Crippen LogP contribution in [0.4, 0.5) is 4.79 Å². The van der Waals surface area contributed by atoms with E-state index in [-0.39, 0.29) is 13.2 Å². The van der Waals surface area contributed by atoms with E-state index in [9.17, 15) is 4.79 Å². The van der Waals surface area contributed by atoms with Gasteiger partial charge in [-0.3, -0.25) is 9.88 Å². The lowest BCUT2D eigenvalue weighted by Crippen LogP contribution is -2.31. The Bertz CT molecular complexity index is 915.